The molecule has 0 amide bonds. The van der Waals surface area contributed by atoms with Crippen molar-refractivity contribution in [2.24, 2.45) is 5.92 Å². The van der Waals surface area contributed by atoms with Crippen molar-refractivity contribution >= 4 is 5.78 Å². The maximum atomic E-state index is 12.2. The van der Waals surface area contributed by atoms with Crippen molar-refractivity contribution in [3.63, 3.8) is 0 Å². The lowest BCUT2D eigenvalue weighted by Crippen LogP contribution is -2.15. The first-order valence-electron chi connectivity index (χ1n) is 6.22. The molecule has 1 nitrogen and oxygen atoms in total. The van der Waals surface area contributed by atoms with Crippen molar-refractivity contribution < 1.29 is 4.79 Å². The van der Waals surface area contributed by atoms with Gasteiger partial charge in [-0.25, -0.2) is 0 Å². The van der Waals surface area contributed by atoms with E-state index in [-0.39, 0.29) is 11.7 Å². The molecule has 2 rings (SSSR count). The molecule has 0 radical (unpaired) electrons. The van der Waals surface area contributed by atoms with E-state index in [2.05, 4.69) is 24.3 Å². The molecule has 0 spiro atoms. The van der Waals surface area contributed by atoms with Gasteiger partial charge in [0.1, 0.15) is 0 Å². The molecule has 1 aromatic carbocycles. The van der Waals surface area contributed by atoms with E-state index < -0.39 is 0 Å². The van der Waals surface area contributed by atoms with Crippen molar-refractivity contribution in [1.82, 2.24) is 0 Å². The van der Waals surface area contributed by atoms with Crippen molar-refractivity contribution in [1.29, 1.82) is 0 Å². The Balaban J connectivity index is 2.01. The third-order valence-corrected chi connectivity index (χ3v) is 3.11. The third kappa shape index (κ3) is 3.16. The van der Waals surface area contributed by atoms with E-state index in [0.29, 0.717) is 0 Å². The van der Waals surface area contributed by atoms with Crippen LogP contribution >= 0.6 is 0 Å². The third-order valence-electron chi connectivity index (χ3n) is 3.11. The molecule has 0 aliphatic heterocycles. The Hall–Kier alpha value is -1.63. The molecule has 0 bridgehead atoms. The molecular formula is C16H18O. The van der Waals surface area contributed by atoms with Crippen molar-refractivity contribution in [3.8, 4) is 0 Å². The zero-order chi connectivity index (χ0) is 12.1. The second-order valence-electron chi connectivity index (χ2n) is 4.59. The zero-order valence-electron chi connectivity index (χ0n) is 10.2. The first kappa shape index (κ1) is 11.8. The number of carbonyl (C=O) groups excluding carboxylic acids is 1. The SMILES string of the molecule is C[C@@H](Cc1ccccc1)C(=O)C1=CCCC=C1. The molecule has 1 aromatic rings. The van der Waals surface area contributed by atoms with Crippen LogP contribution in [-0.2, 0) is 11.2 Å². The molecule has 17 heavy (non-hydrogen) atoms. The average molecular weight is 226 g/mol. The van der Waals surface area contributed by atoms with E-state index in [9.17, 15) is 4.79 Å². The number of hydrogen-bond donors (Lipinski definition) is 0. The highest BCUT2D eigenvalue weighted by Gasteiger charge is 2.16. The maximum Gasteiger partial charge on any atom is 0.165 e. The van der Waals surface area contributed by atoms with E-state index in [1.165, 1.54) is 5.56 Å². The molecule has 0 fully saturated rings. The van der Waals surface area contributed by atoms with E-state index in [1.54, 1.807) is 0 Å². The molecule has 0 aromatic heterocycles. The highest BCUT2D eigenvalue weighted by atomic mass is 16.1. The monoisotopic (exact) mass is 226 g/mol. The summed E-state index contributed by atoms with van der Waals surface area (Å²) >= 11 is 0. The Morgan fingerprint density at radius 3 is 2.65 bits per heavy atom. The van der Waals surface area contributed by atoms with Gasteiger partial charge in [-0.1, -0.05) is 55.5 Å². The van der Waals surface area contributed by atoms with E-state index in [1.807, 2.05) is 31.2 Å². The van der Waals surface area contributed by atoms with Crippen LogP contribution in [0.25, 0.3) is 0 Å². The van der Waals surface area contributed by atoms with Gasteiger partial charge in [-0.3, -0.25) is 4.79 Å². The van der Waals surface area contributed by atoms with Gasteiger partial charge in [0, 0.05) is 11.5 Å². The second kappa shape index (κ2) is 5.62. The first-order chi connectivity index (χ1) is 8.27. The minimum absolute atomic E-state index is 0.0615. The summed E-state index contributed by atoms with van der Waals surface area (Å²) in [5.41, 5.74) is 2.12. The van der Waals surface area contributed by atoms with Crippen LogP contribution in [0.3, 0.4) is 0 Å². The van der Waals surface area contributed by atoms with Gasteiger partial charge in [0.15, 0.2) is 5.78 Å². The van der Waals surface area contributed by atoms with Gasteiger partial charge < -0.3 is 0 Å². The van der Waals surface area contributed by atoms with Gasteiger partial charge in [-0.05, 0) is 24.8 Å². The second-order valence-corrected chi connectivity index (χ2v) is 4.59. The molecule has 0 N–H and O–H groups in total. The van der Waals surface area contributed by atoms with Crippen LogP contribution < -0.4 is 0 Å². The van der Waals surface area contributed by atoms with Crippen LogP contribution in [0.2, 0.25) is 0 Å². The molecule has 88 valence electrons. The molecule has 0 saturated heterocycles. The van der Waals surface area contributed by atoms with E-state index in [4.69, 9.17) is 0 Å². The summed E-state index contributed by atoms with van der Waals surface area (Å²) in [4.78, 5) is 12.2. The lowest BCUT2D eigenvalue weighted by atomic mass is 9.90. The Bertz CT molecular complexity index is 440. The van der Waals surface area contributed by atoms with Crippen molar-refractivity contribution in [3.05, 3.63) is 59.7 Å². The first-order valence-corrected chi connectivity index (χ1v) is 6.22. The van der Waals surface area contributed by atoms with Gasteiger partial charge >= 0.3 is 0 Å². The summed E-state index contributed by atoms with van der Waals surface area (Å²) in [6, 6.07) is 10.2. The maximum absolute atomic E-state index is 12.2. The lowest BCUT2D eigenvalue weighted by Gasteiger charge is -2.13. The molecule has 0 saturated carbocycles. The predicted molar refractivity (Wildman–Crippen MR) is 70.8 cm³/mol. The predicted octanol–water partition coefficient (Wildman–Crippen LogP) is 3.71. The van der Waals surface area contributed by atoms with Gasteiger partial charge in [0.25, 0.3) is 0 Å². The topological polar surface area (TPSA) is 17.1 Å². The van der Waals surface area contributed by atoms with Crippen LogP contribution in [0.15, 0.2) is 54.1 Å². The smallest absolute Gasteiger partial charge is 0.165 e. The fourth-order valence-electron chi connectivity index (χ4n) is 2.14. The Kier molecular flexibility index (Phi) is 3.92. The molecule has 1 atom stereocenters. The van der Waals surface area contributed by atoms with E-state index in [0.717, 1.165) is 24.8 Å². The summed E-state index contributed by atoms with van der Waals surface area (Å²) in [6.45, 7) is 2.01. The average Bonchev–Trinajstić information content (AvgIpc) is 2.40. The highest BCUT2D eigenvalue weighted by Crippen LogP contribution is 2.17. The molecule has 1 aliphatic rings. The van der Waals surface area contributed by atoms with Crippen LogP contribution in [-0.4, -0.2) is 5.78 Å². The molecule has 0 unspecified atom stereocenters. The fourth-order valence-corrected chi connectivity index (χ4v) is 2.14. The number of hydrogen-bond acceptors (Lipinski definition) is 1. The van der Waals surface area contributed by atoms with Crippen molar-refractivity contribution in [2.75, 3.05) is 0 Å². The normalized spacial score (nSPS) is 16.4. The zero-order valence-corrected chi connectivity index (χ0v) is 10.2. The standard InChI is InChI=1S/C16H18O/c1-13(12-14-8-4-2-5-9-14)16(17)15-10-6-3-7-11-15/h2,4-6,8-11,13H,3,7,12H2,1H3/t13-/m0/s1. The number of carbonyl (C=O) groups is 1. The Morgan fingerprint density at radius 1 is 1.24 bits per heavy atom. The number of rotatable bonds is 4. The lowest BCUT2D eigenvalue weighted by molar-refractivity contribution is -0.118. The molecule has 1 heteroatoms. The number of benzene rings is 1. The summed E-state index contributed by atoms with van der Waals surface area (Å²) in [6.07, 6.45) is 8.99. The summed E-state index contributed by atoms with van der Waals surface area (Å²) < 4.78 is 0. The van der Waals surface area contributed by atoms with Gasteiger partial charge in [-0.2, -0.15) is 0 Å². The number of allylic oxidation sites excluding steroid dienone is 4. The van der Waals surface area contributed by atoms with Crippen molar-refractivity contribution in [2.45, 2.75) is 26.2 Å². The molecule has 0 heterocycles. The summed E-state index contributed by atoms with van der Waals surface area (Å²) in [5, 5.41) is 0. The molecule has 1 aliphatic carbocycles. The molecular weight excluding hydrogens is 208 g/mol. The van der Waals surface area contributed by atoms with Gasteiger partial charge in [0.2, 0.25) is 0 Å². The summed E-state index contributed by atoms with van der Waals surface area (Å²) in [5.74, 6) is 0.330. The van der Waals surface area contributed by atoms with Crippen LogP contribution in [0.4, 0.5) is 0 Å². The van der Waals surface area contributed by atoms with Crippen LogP contribution in [0.5, 0.6) is 0 Å². The Labute approximate surface area is 103 Å². The van der Waals surface area contributed by atoms with E-state index >= 15 is 0 Å². The minimum Gasteiger partial charge on any atom is -0.294 e. The fraction of sp³-hybridized carbons (Fsp3) is 0.312. The Morgan fingerprint density at radius 2 is 2.00 bits per heavy atom. The number of Topliss-reactive ketones (excluding diaryl/α,β-unsaturated/α-hetero) is 1. The summed E-state index contributed by atoms with van der Waals surface area (Å²) in [7, 11) is 0. The van der Waals surface area contributed by atoms with Gasteiger partial charge in [-0.15, -0.1) is 0 Å². The van der Waals surface area contributed by atoms with Crippen LogP contribution in [0, 0.1) is 5.92 Å². The number of ketones is 1. The quantitative estimate of drug-likeness (QED) is 0.765. The van der Waals surface area contributed by atoms with Gasteiger partial charge in [0.05, 0.1) is 0 Å². The highest BCUT2D eigenvalue weighted by molar-refractivity contribution is 5.99. The minimum atomic E-state index is 0.0615. The van der Waals surface area contributed by atoms with Crippen LogP contribution in [0.1, 0.15) is 25.3 Å². The largest absolute Gasteiger partial charge is 0.294 e.